The molecule has 0 bridgehead atoms. The highest BCUT2D eigenvalue weighted by atomic mass is 19.1. The van der Waals surface area contributed by atoms with Crippen molar-refractivity contribution in [3.05, 3.63) is 24.0 Å². The van der Waals surface area contributed by atoms with Crippen LogP contribution in [0.2, 0.25) is 0 Å². The first-order chi connectivity index (χ1) is 7.89. The first kappa shape index (κ1) is 13.8. The van der Waals surface area contributed by atoms with Gasteiger partial charge < -0.3 is 15.4 Å². The Balaban J connectivity index is 2.83. The smallest absolute Gasteiger partial charge is 0.167 e. The predicted molar refractivity (Wildman–Crippen MR) is 69.1 cm³/mol. The number of halogens is 1. The lowest BCUT2D eigenvalue weighted by molar-refractivity contribution is 0.381. The van der Waals surface area contributed by atoms with Gasteiger partial charge in [0, 0.05) is 25.3 Å². The van der Waals surface area contributed by atoms with Crippen molar-refractivity contribution in [1.29, 1.82) is 0 Å². The molecule has 0 saturated heterocycles. The molecule has 1 rings (SSSR count). The minimum Gasteiger partial charge on any atom is -0.494 e. The van der Waals surface area contributed by atoms with Crippen molar-refractivity contribution < 1.29 is 9.13 Å². The Kier molecular flexibility index (Phi) is 4.34. The van der Waals surface area contributed by atoms with Gasteiger partial charge in [-0.15, -0.1) is 0 Å². The van der Waals surface area contributed by atoms with E-state index >= 15 is 0 Å². The molecule has 4 heteroatoms. The fourth-order valence-electron chi connectivity index (χ4n) is 1.69. The summed E-state index contributed by atoms with van der Waals surface area (Å²) >= 11 is 0. The third-order valence-corrected chi connectivity index (χ3v) is 2.79. The molecule has 0 aromatic heterocycles. The molecule has 3 nitrogen and oxygen atoms in total. The molecule has 2 N–H and O–H groups in total. The van der Waals surface area contributed by atoms with Crippen LogP contribution in [0.4, 0.5) is 10.1 Å². The summed E-state index contributed by atoms with van der Waals surface area (Å²) in [7, 11) is 3.39. The summed E-state index contributed by atoms with van der Waals surface area (Å²) in [6, 6.07) is 4.95. The molecule has 0 spiro atoms. The molecular formula is C13H21FN2O. The van der Waals surface area contributed by atoms with E-state index in [1.165, 1.54) is 13.2 Å². The van der Waals surface area contributed by atoms with Gasteiger partial charge in [0.25, 0.3) is 0 Å². The lowest BCUT2D eigenvalue weighted by Gasteiger charge is -2.30. The number of anilines is 1. The molecule has 0 unspecified atom stereocenters. The molecule has 0 radical (unpaired) electrons. The number of methoxy groups -OCH3 is 1. The summed E-state index contributed by atoms with van der Waals surface area (Å²) in [6.45, 7) is 5.54. The number of nitrogens with zero attached hydrogens (tertiary/aromatic N) is 1. The molecule has 0 amide bonds. The fourth-order valence-corrected chi connectivity index (χ4v) is 1.69. The minimum atomic E-state index is -0.345. The Morgan fingerprint density at radius 2 is 2.06 bits per heavy atom. The molecule has 1 aromatic carbocycles. The number of benzene rings is 1. The standard InChI is InChI=1S/C13H21FN2O/c1-13(2,8-15)9-16(3)10-5-6-12(17-4)11(14)7-10/h5-7H,8-9,15H2,1-4H3. The zero-order valence-corrected chi connectivity index (χ0v) is 11.0. The Labute approximate surface area is 102 Å². The van der Waals surface area contributed by atoms with Crippen LogP contribution in [-0.4, -0.2) is 27.2 Å². The van der Waals surface area contributed by atoms with Crippen LogP contribution in [0.1, 0.15) is 13.8 Å². The van der Waals surface area contributed by atoms with E-state index in [1.807, 2.05) is 18.0 Å². The maximum Gasteiger partial charge on any atom is 0.167 e. The quantitative estimate of drug-likeness (QED) is 0.858. The molecular weight excluding hydrogens is 219 g/mol. The highest BCUT2D eigenvalue weighted by molar-refractivity contribution is 5.49. The van der Waals surface area contributed by atoms with E-state index in [2.05, 4.69) is 13.8 Å². The number of nitrogens with two attached hydrogens (primary N) is 1. The topological polar surface area (TPSA) is 38.5 Å². The molecule has 0 aliphatic heterocycles. The molecule has 0 aliphatic rings. The van der Waals surface area contributed by atoms with Crippen molar-refractivity contribution in [2.24, 2.45) is 11.1 Å². The van der Waals surface area contributed by atoms with Gasteiger partial charge in [0.1, 0.15) is 0 Å². The van der Waals surface area contributed by atoms with Crippen LogP contribution in [0.15, 0.2) is 18.2 Å². The van der Waals surface area contributed by atoms with E-state index in [0.29, 0.717) is 6.54 Å². The second-order valence-electron chi connectivity index (χ2n) is 5.04. The van der Waals surface area contributed by atoms with Crippen LogP contribution in [-0.2, 0) is 0 Å². The average Bonchev–Trinajstić information content (AvgIpc) is 2.28. The molecule has 17 heavy (non-hydrogen) atoms. The number of hydrogen-bond acceptors (Lipinski definition) is 3. The van der Waals surface area contributed by atoms with Crippen molar-refractivity contribution in [3.63, 3.8) is 0 Å². The van der Waals surface area contributed by atoms with Crippen molar-refractivity contribution >= 4 is 5.69 Å². The molecule has 0 heterocycles. The van der Waals surface area contributed by atoms with E-state index in [4.69, 9.17) is 10.5 Å². The SMILES string of the molecule is COc1ccc(N(C)CC(C)(C)CN)cc1F. The zero-order valence-electron chi connectivity index (χ0n) is 11.0. The summed E-state index contributed by atoms with van der Waals surface area (Å²) in [4.78, 5) is 2.00. The van der Waals surface area contributed by atoms with E-state index in [9.17, 15) is 4.39 Å². The summed E-state index contributed by atoms with van der Waals surface area (Å²) in [5.74, 6) is -0.0809. The fraction of sp³-hybridized carbons (Fsp3) is 0.538. The van der Waals surface area contributed by atoms with E-state index < -0.39 is 0 Å². The van der Waals surface area contributed by atoms with Crippen LogP contribution in [0.25, 0.3) is 0 Å². The van der Waals surface area contributed by atoms with Crippen molar-refractivity contribution in [2.45, 2.75) is 13.8 Å². The molecule has 0 fully saturated rings. The third kappa shape index (κ3) is 3.60. The molecule has 0 saturated carbocycles. The highest BCUT2D eigenvalue weighted by Crippen LogP contribution is 2.25. The molecule has 0 atom stereocenters. The second kappa shape index (κ2) is 5.36. The van der Waals surface area contributed by atoms with Gasteiger partial charge in [-0.3, -0.25) is 0 Å². The average molecular weight is 240 g/mol. The molecule has 96 valence electrons. The van der Waals surface area contributed by atoms with Gasteiger partial charge in [0.15, 0.2) is 11.6 Å². The van der Waals surface area contributed by atoms with E-state index in [1.54, 1.807) is 6.07 Å². The van der Waals surface area contributed by atoms with E-state index in [-0.39, 0.29) is 17.0 Å². The third-order valence-electron chi connectivity index (χ3n) is 2.79. The lowest BCUT2D eigenvalue weighted by atomic mass is 9.93. The van der Waals surface area contributed by atoms with Gasteiger partial charge in [-0.2, -0.15) is 0 Å². The summed E-state index contributed by atoms with van der Waals surface area (Å²) in [5.41, 5.74) is 6.52. The van der Waals surface area contributed by atoms with Gasteiger partial charge in [-0.05, 0) is 24.1 Å². The summed E-state index contributed by atoms with van der Waals surface area (Å²) in [6.07, 6.45) is 0. The van der Waals surface area contributed by atoms with Gasteiger partial charge in [-0.1, -0.05) is 13.8 Å². The first-order valence-corrected chi connectivity index (χ1v) is 5.64. The lowest BCUT2D eigenvalue weighted by Crippen LogP contribution is -2.36. The maximum absolute atomic E-state index is 13.5. The highest BCUT2D eigenvalue weighted by Gasteiger charge is 2.19. The second-order valence-corrected chi connectivity index (χ2v) is 5.04. The molecule has 1 aromatic rings. The van der Waals surface area contributed by atoms with Crippen molar-refractivity contribution in [3.8, 4) is 5.75 Å². The first-order valence-electron chi connectivity index (χ1n) is 5.64. The van der Waals surface area contributed by atoms with Crippen LogP contribution in [0.3, 0.4) is 0 Å². The Morgan fingerprint density at radius 1 is 1.41 bits per heavy atom. The summed E-state index contributed by atoms with van der Waals surface area (Å²) < 4.78 is 18.4. The van der Waals surface area contributed by atoms with Crippen LogP contribution < -0.4 is 15.4 Å². The minimum absolute atomic E-state index is 0.00511. The molecule has 0 aliphatic carbocycles. The van der Waals surface area contributed by atoms with Gasteiger partial charge in [0.2, 0.25) is 0 Å². The predicted octanol–water partition coefficient (Wildman–Crippen LogP) is 2.26. The van der Waals surface area contributed by atoms with Gasteiger partial charge in [-0.25, -0.2) is 4.39 Å². The number of rotatable bonds is 5. The van der Waals surface area contributed by atoms with Gasteiger partial charge in [0.05, 0.1) is 7.11 Å². The Morgan fingerprint density at radius 3 is 2.53 bits per heavy atom. The normalized spacial score (nSPS) is 11.4. The van der Waals surface area contributed by atoms with Crippen LogP contribution in [0, 0.1) is 11.2 Å². The summed E-state index contributed by atoms with van der Waals surface area (Å²) in [5, 5.41) is 0. The van der Waals surface area contributed by atoms with Crippen LogP contribution >= 0.6 is 0 Å². The van der Waals surface area contributed by atoms with Crippen LogP contribution in [0.5, 0.6) is 5.75 Å². The largest absolute Gasteiger partial charge is 0.494 e. The number of ether oxygens (including phenoxy) is 1. The van der Waals surface area contributed by atoms with Crippen molar-refractivity contribution in [1.82, 2.24) is 0 Å². The van der Waals surface area contributed by atoms with Gasteiger partial charge >= 0.3 is 0 Å². The Hall–Kier alpha value is -1.29. The Bertz CT molecular complexity index is 380. The maximum atomic E-state index is 13.5. The monoisotopic (exact) mass is 240 g/mol. The number of hydrogen-bond donors (Lipinski definition) is 1. The van der Waals surface area contributed by atoms with E-state index in [0.717, 1.165) is 12.2 Å². The van der Waals surface area contributed by atoms with Crippen molar-refractivity contribution in [2.75, 3.05) is 32.1 Å². The zero-order chi connectivity index (χ0) is 13.1.